The Bertz CT molecular complexity index is 755. The lowest BCUT2D eigenvalue weighted by atomic mass is 10.2. The van der Waals surface area contributed by atoms with Crippen LogP contribution in [0, 0.1) is 0 Å². The fraction of sp³-hybridized carbons (Fsp3) is 0.350. The highest BCUT2D eigenvalue weighted by Gasteiger charge is 2.16. The molecule has 0 aromatic heterocycles. The molecule has 0 saturated heterocycles. The van der Waals surface area contributed by atoms with Crippen molar-refractivity contribution in [2.75, 3.05) is 25.1 Å². The van der Waals surface area contributed by atoms with Gasteiger partial charge in [0.2, 0.25) is 0 Å². The lowest BCUT2D eigenvalue weighted by Crippen LogP contribution is -2.30. The molecular formula is C20H23Cl2NO4. The second kappa shape index (κ2) is 11.1. The van der Waals surface area contributed by atoms with Crippen molar-refractivity contribution in [1.29, 1.82) is 0 Å². The van der Waals surface area contributed by atoms with Crippen molar-refractivity contribution in [2.45, 2.75) is 26.6 Å². The normalized spacial score (nSPS) is 11.9. The quantitative estimate of drug-likeness (QED) is 0.561. The zero-order valence-corrected chi connectivity index (χ0v) is 16.8. The van der Waals surface area contributed by atoms with E-state index in [0.717, 1.165) is 5.56 Å². The predicted octanol–water partition coefficient (Wildman–Crippen LogP) is 4.95. The van der Waals surface area contributed by atoms with E-state index in [-0.39, 0.29) is 5.91 Å². The van der Waals surface area contributed by atoms with Gasteiger partial charge in [-0.3, -0.25) is 4.79 Å². The molecule has 1 N–H and O–H groups in total. The molecule has 5 nitrogen and oxygen atoms in total. The number of hydrogen-bond donors (Lipinski definition) is 1. The molecule has 0 aliphatic carbocycles. The van der Waals surface area contributed by atoms with Crippen LogP contribution in [-0.2, 0) is 20.9 Å². The fourth-order valence-electron chi connectivity index (χ4n) is 2.25. The maximum Gasteiger partial charge on any atom is 0.265 e. The van der Waals surface area contributed by atoms with Crippen LogP contribution >= 0.6 is 23.2 Å². The van der Waals surface area contributed by atoms with Gasteiger partial charge in [0.1, 0.15) is 5.75 Å². The molecule has 0 bridgehead atoms. The molecule has 0 aliphatic rings. The summed E-state index contributed by atoms with van der Waals surface area (Å²) < 4.78 is 16.4. The Morgan fingerprint density at radius 3 is 2.63 bits per heavy atom. The number of rotatable bonds is 10. The van der Waals surface area contributed by atoms with Crippen molar-refractivity contribution in [1.82, 2.24) is 0 Å². The van der Waals surface area contributed by atoms with Crippen LogP contribution in [0.5, 0.6) is 5.75 Å². The number of carbonyl (C=O) groups excluding carboxylic acids is 1. The van der Waals surface area contributed by atoms with E-state index < -0.39 is 6.10 Å². The number of nitrogens with one attached hydrogen (secondary N) is 1. The Hall–Kier alpha value is -1.79. The molecule has 2 rings (SSSR count). The third kappa shape index (κ3) is 7.39. The molecule has 7 heteroatoms. The summed E-state index contributed by atoms with van der Waals surface area (Å²) in [7, 11) is 0. The van der Waals surface area contributed by atoms with Crippen molar-refractivity contribution in [3.8, 4) is 5.75 Å². The number of amides is 1. The van der Waals surface area contributed by atoms with Crippen LogP contribution in [-0.4, -0.2) is 31.8 Å². The molecule has 0 heterocycles. The van der Waals surface area contributed by atoms with E-state index in [4.69, 9.17) is 37.4 Å². The van der Waals surface area contributed by atoms with Crippen molar-refractivity contribution < 1.29 is 19.0 Å². The lowest BCUT2D eigenvalue weighted by molar-refractivity contribution is -0.122. The zero-order valence-electron chi connectivity index (χ0n) is 15.3. The van der Waals surface area contributed by atoms with Gasteiger partial charge < -0.3 is 19.5 Å². The summed E-state index contributed by atoms with van der Waals surface area (Å²) in [6.07, 6.45) is -0.727. The second-order valence-electron chi connectivity index (χ2n) is 5.77. The van der Waals surface area contributed by atoms with Gasteiger partial charge in [-0.2, -0.15) is 0 Å². The third-order valence-electron chi connectivity index (χ3n) is 3.61. The maximum atomic E-state index is 12.4. The number of hydrogen-bond acceptors (Lipinski definition) is 4. The van der Waals surface area contributed by atoms with Crippen LogP contribution in [0.1, 0.15) is 19.4 Å². The number of carbonyl (C=O) groups is 1. The van der Waals surface area contributed by atoms with Crippen molar-refractivity contribution in [3.05, 3.63) is 58.1 Å². The van der Waals surface area contributed by atoms with Gasteiger partial charge >= 0.3 is 0 Å². The summed E-state index contributed by atoms with van der Waals surface area (Å²) >= 11 is 11.9. The summed E-state index contributed by atoms with van der Waals surface area (Å²) in [6, 6.07) is 12.3. The summed E-state index contributed by atoms with van der Waals surface area (Å²) in [5.74, 6) is 0.121. The van der Waals surface area contributed by atoms with Crippen LogP contribution in [0.25, 0.3) is 0 Å². The first-order valence-corrected chi connectivity index (χ1v) is 9.42. The third-order valence-corrected chi connectivity index (χ3v) is 4.14. The molecule has 1 unspecified atom stereocenters. The molecule has 0 fully saturated rings. The molecule has 146 valence electrons. The van der Waals surface area contributed by atoms with E-state index in [2.05, 4.69) is 5.32 Å². The average Bonchev–Trinajstić information content (AvgIpc) is 2.64. The summed E-state index contributed by atoms with van der Waals surface area (Å²) in [5.41, 5.74) is 1.63. The standard InChI is InChI=1S/C20H23Cl2NO4/c1-3-25-9-10-26-13-15-5-4-6-17(11-15)23-20(24)14(2)27-19-8-7-16(21)12-18(19)22/h4-8,11-12,14H,3,9-10,13H2,1-2H3,(H,23,24). The van der Waals surface area contributed by atoms with E-state index >= 15 is 0 Å². The molecule has 1 atom stereocenters. The van der Waals surface area contributed by atoms with Crippen molar-refractivity contribution in [3.63, 3.8) is 0 Å². The minimum Gasteiger partial charge on any atom is -0.479 e. The molecule has 2 aromatic carbocycles. The Morgan fingerprint density at radius 1 is 1.11 bits per heavy atom. The average molecular weight is 412 g/mol. The monoisotopic (exact) mass is 411 g/mol. The number of ether oxygens (including phenoxy) is 3. The first-order valence-electron chi connectivity index (χ1n) is 8.66. The van der Waals surface area contributed by atoms with Gasteiger partial charge in [-0.1, -0.05) is 35.3 Å². The fourth-order valence-corrected chi connectivity index (χ4v) is 2.70. The van der Waals surface area contributed by atoms with Crippen LogP contribution in [0.15, 0.2) is 42.5 Å². The highest BCUT2D eigenvalue weighted by molar-refractivity contribution is 6.35. The summed E-state index contributed by atoms with van der Waals surface area (Å²) in [4.78, 5) is 12.4. The van der Waals surface area contributed by atoms with Gasteiger partial charge in [-0.15, -0.1) is 0 Å². The molecule has 0 radical (unpaired) electrons. The summed E-state index contributed by atoms with van der Waals surface area (Å²) in [5, 5.41) is 3.69. The first kappa shape index (κ1) is 21.5. The van der Waals surface area contributed by atoms with Crippen LogP contribution in [0.3, 0.4) is 0 Å². The van der Waals surface area contributed by atoms with Crippen LogP contribution < -0.4 is 10.1 Å². The smallest absolute Gasteiger partial charge is 0.265 e. The van der Waals surface area contributed by atoms with Gasteiger partial charge in [0.05, 0.1) is 24.8 Å². The van der Waals surface area contributed by atoms with E-state index in [1.54, 1.807) is 25.1 Å². The van der Waals surface area contributed by atoms with E-state index in [1.165, 1.54) is 0 Å². The maximum absolute atomic E-state index is 12.4. The molecule has 1 amide bonds. The van der Waals surface area contributed by atoms with Gasteiger partial charge in [-0.05, 0) is 49.7 Å². The molecule has 2 aromatic rings. The van der Waals surface area contributed by atoms with E-state index in [1.807, 2.05) is 31.2 Å². The number of anilines is 1. The van der Waals surface area contributed by atoms with Gasteiger partial charge in [0, 0.05) is 17.3 Å². The lowest BCUT2D eigenvalue weighted by Gasteiger charge is -2.16. The first-order chi connectivity index (χ1) is 13.0. The molecule has 0 saturated carbocycles. The Morgan fingerprint density at radius 2 is 1.89 bits per heavy atom. The number of halogens is 2. The van der Waals surface area contributed by atoms with Crippen molar-refractivity contribution >= 4 is 34.8 Å². The minimum absolute atomic E-state index is 0.282. The Labute approximate surface area is 169 Å². The van der Waals surface area contributed by atoms with Crippen LogP contribution in [0.4, 0.5) is 5.69 Å². The van der Waals surface area contributed by atoms with E-state index in [0.29, 0.717) is 47.9 Å². The van der Waals surface area contributed by atoms with Crippen LogP contribution in [0.2, 0.25) is 10.0 Å². The van der Waals surface area contributed by atoms with E-state index in [9.17, 15) is 4.79 Å². The predicted molar refractivity (Wildman–Crippen MR) is 108 cm³/mol. The second-order valence-corrected chi connectivity index (χ2v) is 6.62. The zero-order chi connectivity index (χ0) is 19.6. The molecule has 0 aliphatic heterocycles. The Balaban J connectivity index is 1.87. The van der Waals surface area contributed by atoms with Crippen molar-refractivity contribution in [2.24, 2.45) is 0 Å². The van der Waals surface area contributed by atoms with Gasteiger partial charge in [0.25, 0.3) is 5.91 Å². The molecule has 27 heavy (non-hydrogen) atoms. The highest BCUT2D eigenvalue weighted by atomic mass is 35.5. The van der Waals surface area contributed by atoms with Gasteiger partial charge in [0.15, 0.2) is 6.10 Å². The highest BCUT2D eigenvalue weighted by Crippen LogP contribution is 2.28. The molecule has 0 spiro atoms. The van der Waals surface area contributed by atoms with Gasteiger partial charge in [-0.25, -0.2) is 0 Å². The minimum atomic E-state index is -0.727. The molecular weight excluding hydrogens is 389 g/mol. The SMILES string of the molecule is CCOCCOCc1cccc(NC(=O)C(C)Oc2ccc(Cl)cc2Cl)c1. The number of benzene rings is 2. The largest absolute Gasteiger partial charge is 0.479 e. The summed E-state index contributed by atoms with van der Waals surface area (Å²) in [6.45, 7) is 5.81. The topological polar surface area (TPSA) is 56.8 Å². The Kier molecular flexibility index (Phi) is 8.88.